The molecule has 1 N–H and O–H groups in total. The summed E-state index contributed by atoms with van der Waals surface area (Å²) in [5.74, 6) is 0.330. The molecule has 6 heteroatoms. The summed E-state index contributed by atoms with van der Waals surface area (Å²) in [4.78, 5) is 31.6. The normalized spacial score (nSPS) is 19.3. The molecule has 2 heterocycles. The average molecular weight is 406 g/mol. The predicted molar refractivity (Wildman–Crippen MR) is 116 cm³/mol. The molecule has 1 aliphatic heterocycles. The quantitative estimate of drug-likeness (QED) is 0.693. The summed E-state index contributed by atoms with van der Waals surface area (Å²) in [6, 6.07) is 16.0. The predicted octanol–water partition coefficient (Wildman–Crippen LogP) is 4.55. The topological polar surface area (TPSA) is 62.3 Å². The molecule has 2 amide bonds. The van der Waals surface area contributed by atoms with Crippen LogP contribution in [-0.2, 0) is 9.59 Å². The number of fused-ring (bicyclic) bond motifs is 1. The first-order valence-electron chi connectivity index (χ1n) is 10.2. The number of nitrogens with one attached hydrogen (secondary N) is 1. The van der Waals surface area contributed by atoms with Gasteiger partial charge < -0.3 is 10.2 Å². The summed E-state index contributed by atoms with van der Waals surface area (Å²) in [5.41, 5.74) is 2.83. The minimum absolute atomic E-state index is 0.00559. The number of nitrogens with zero attached hydrogens (tertiary/aromatic N) is 2. The molecule has 1 aromatic heterocycles. The van der Waals surface area contributed by atoms with E-state index in [0.29, 0.717) is 6.54 Å². The number of carbonyl (C=O) groups is 2. The number of hydrogen-bond acceptors (Lipinski definition) is 4. The van der Waals surface area contributed by atoms with Gasteiger partial charge in [0.05, 0.1) is 16.1 Å². The van der Waals surface area contributed by atoms with Crippen molar-refractivity contribution < 1.29 is 9.59 Å². The van der Waals surface area contributed by atoms with E-state index in [-0.39, 0.29) is 23.7 Å². The second kappa shape index (κ2) is 7.59. The fourth-order valence-electron chi connectivity index (χ4n) is 3.92. The number of amides is 2. The fraction of sp³-hybridized carbons (Fsp3) is 0.348. The minimum atomic E-state index is -0.129. The number of anilines is 1. The Kier molecular flexibility index (Phi) is 4.79. The van der Waals surface area contributed by atoms with E-state index in [4.69, 9.17) is 0 Å². The van der Waals surface area contributed by atoms with Crippen LogP contribution in [-0.4, -0.2) is 34.8 Å². The van der Waals surface area contributed by atoms with Crippen molar-refractivity contribution in [3.05, 3.63) is 48.5 Å². The van der Waals surface area contributed by atoms with Gasteiger partial charge in [0.1, 0.15) is 5.01 Å². The highest BCUT2D eigenvalue weighted by Gasteiger charge is 2.36. The van der Waals surface area contributed by atoms with Gasteiger partial charge in [-0.1, -0.05) is 12.1 Å². The Bertz CT molecular complexity index is 1020. The summed E-state index contributed by atoms with van der Waals surface area (Å²) in [5, 5.41) is 4.00. The van der Waals surface area contributed by atoms with Crippen molar-refractivity contribution in [1.29, 1.82) is 0 Å². The third kappa shape index (κ3) is 3.90. The van der Waals surface area contributed by atoms with Crippen LogP contribution in [0, 0.1) is 11.8 Å². The molecule has 0 bridgehead atoms. The van der Waals surface area contributed by atoms with E-state index in [2.05, 4.69) is 16.4 Å². The Balaban J connectivity index is 1.24. The van der Waals surface area contributed by atoms with Gasteiger partial charge in [0, 0.05) is 30.3 Å². The van der Waals surface area contributed by atoms with E-state index in [1.165, 1.54) is 4.70 Å². The summed E-state index contributed by atoms with van der Waals surface area (Å²) < 4.78 is 1.17. The Morgan fingerprint density at radius 2 is 1.79 bits per heavy atom. The van der Waals surface area contributed by atoms with Crippen LogP contribution >= 0.6 is 11.3 Å². The van der Waals surface area contributed by atoms with Crippen LogP contribution in [0.2, 0.25) is 0 Å². The van der Waals surface area contributed by atoms with Crippen LogP contribution in [0.4, 0.5) is 5.69 Å². The Morgan fingerprint density at radius 1 is 1.00 bits per heavy atom. The monoisotopic (exact) mass is 405 g/mol. The Labute approximate surface area is 173 Å². The molecule has 1 atom stereocenters. The first-order valence-corrected chi connectivity index (χ1v) is 11.0. The second-order valence-corrected chi connectivity index (χ2v) is 8.98. The molecule has 1 saturated heterocycles. The highest BCUT2D eigenvalue weighted by atomic mass is 32.1. The van der Waals surface area contributed by atoms with Crippen molar-refractivity contribution in [1.82, 2.24) is 9.88 Å². The SMILES string of the molecule is O=C(Nc1ccc(-c2nc3ccccc3s2)cc1)C1CCCN(C(=O)C2CC2)C1. The smallest absolute Gasteiger partial charge is 0.229 e. The molecule has 2 fully saturated rings. The van der Waals surface area contributed by atoms with Crippen LogP contribution < -0.4 is 5.32 Å². The first kappa shape index (κ1) is 18.3. The molecule has 1 saturated carbocycles. The number of piperidine rings is 1. The molecule has 2 aromatic carbocycles. The van der Waals surface area contributed by atoms with Crippen molar-refractivity contribution in [3.8, 4) is 10.6 Å². The van der Waals surface area contributed by atoms with Crippen molar-refractivity contribution in [2.75, 3.05) is 18.4 Å². The van der Waals surface area contributed by atoms with Gasteiger partial charge >= 0.3 is 0 Å². The number of aromatic nitrogens is 1. The molecule has 1 unspecified atom stereocenters. The molecule has 3 aromatic rings. The zero-order valence-electron chi connectivity index (χ0n) is 16.1. The van der Waals surface area contributed by atoms with Gasteiger partial charge in [-0.2, -0.15) is 0 Å². The van der Waals surface area contributed by atoms with Crippen LogP contribution in [0.25, 0.3) is 20.8 Å². The number of likely N-dealkylation sites (tertiary alicyclic amines) is 1. The summed E-state index contributed by atoms with van der Waals surface area (Å²) in [7, 11) is 0. The van der Waals surface area contributed by atoms with Gasteiger partial charge in [-0.15, -0.1) is 11.3 Å². The van der Waals surface area contributed by atoms with E-state index < -0.39 is 0 Å². The number of benzene rings is 2. The van der Waals surface area contributed by atoms with Crippen LogP contribution in [0.5, 0.6) is 0 Å². The Hall–Kier alpha value is -2.73. The van der Waals surface area contributed by atoms with E-state index in [9.17, 15) is 9.59 Å². The molecule has 29 heavy (non-hydrogen) atoms. The largest absolute Gasteiger partial charge is 0.342 e. The molecule has 1 aliphatic carbocycles. The minimum Gasteiger partial charge on any atom is -0.342 e. The first-order chi connectivity index (χ1) is 14.2. The van der Waals surface area contributed by atoms with E-state index in [0.717, 1.165) is 54.0 Å². The van der Waals surface area contributed by atoms with Crippen molar-refractivity contribution >= 4 is 39.1 Å². The van der Waals surface area contributed by atoms with Gasteiger partial charge in [-0.05, 0) is 62.1 Å². The van der Waals surface area contributed by atoms with Gasteiger partial charge in [-0.25, -0.2) is 4.98 Å². The van der Waals surface area contributed by atoms with Crippen molar-refractivity contribution in [3.63, 3.8) is 0 Å². The molecule has 5 rings (SSSR count). The third-order valence-electron chi connectivity index (χ3n) is 5.72. The van der Waals surface area contributed by atoms with Gasteiger partial charge in [0.15, 0.2) is 0 Å². The third-order valence-corrected chi connectivity index (χ3v) is 6.81. The summed E-state index contributed by atoms with van der Waals surface area (Å²) >= 11 is 1.67. The van der Waals surface area contributed by atoms with E-state index in [1.807, 2.05) is 47.4 Å². The molecular weight excluding hydrogens is 382 g/mol. The number of rotatable bonds is 4. The number of para-hydroxylation sites is 1. The maximum absolute atomic E-state index is 12.7. The lowest BCUT2D eigenvalue weighted by molar-refractivity contribution is -0.135. The zero-order chi connectivity index (χ0) is 19.8. The highest BCUT2D eigenvalue weighted by molar-refractivity contribution is 7.21. The maximum Gasteiger partial charge on any atom is 0.229 e. The standard InChI is InChI=1S/C23H23N3O2S/c27-21(17-4-3-13-26(14-17)23(28)16-7-8-16)24-18-11-9-15(10-12-18)22-25-19-5-1-2-6-20(19)29-22/h1-2,5-6,9-12,16-17H,3-4,7-8,13-14H2,(H,24,27). The highest BCUT2D eigenvalue weighted by Crippen LogP contribution is 2.33. The van der Waals surface area contributed by atoms with E-state index >= 15 is 0 Å². The average Bonchev–Trinajstić information content (AvgIpc) is 3.52. The lowest BCUT2D eigenvalue weighted by atomic mass is 9.96. The summed E-state index contributed by atoms with van der Waals surface area (Å²) in [6.07, 6.45) is 3.75. The molecule has 2 aliphatic rings. The number of carbonyl (C=O) groups excluding carboxylic acids is 2. The van der Waals surface area contributed by atoms with Gasteiger partial charge in [-0.3, -0.25) is 9.59 Å². The molecule has 0 spiro atoms. The molecule has 0 radical (unpaired) electrons. The lowest BCUT2D eigenvalue weighted by Gasteiger charge is -2.32. The van der Waals surface area contributed by atoms with Crippen LogP contribution in [0.1, 0.15) is 25.7 Å². The molecule has 148 valence electrons. The molecular formula is C23H23N3O2S. The zero-order valence-corrected chi connectivity index (χ0v) is 17.0. The van der Waals surface area contributed by atoms with Crippen molar-refractivity contribution in [2.45, 2.75) is 25.7 Å². The van der Waals surface area contributed by atoms with Crippen LogP contribution in [0.15, 0.2) is 48.5 Å². The van der Waals surface area contributed by atoms with Crippen molar-refractivity contribution in [2.24, 2.45) is 11.8 Å². The van der Waals surface area contributed by atoms with E-state index in [1.54, 1.807) is 11.3 Å². The fourth-order valence-corrected chi connectivity index (χ4v) is 4.89. The molecule has 5 nitrogen and oxygen atoms in total. The van der Waals surface area contributed by atoms with Gasteiger partial charge in [0.25, 0.3) is 0 Å². The summed E-state index contributed by atoms with van der Waals surface area (Å²) in [6.45, 7) is 1.33. The number of hydrogen-bond donors (Lipinski definition) is 1. The Morgan fingerprint density at radius 3 is 2.55 bits per heavy atom. The van der Waals surface area contributed by atoms with Gasteiger partial charge in [0.2, 0.25) is 11.8 Å². The van der Waals surface area contributed by atoms with Crippen LogP contribution in [0.3, 0.4) is 0 Å². The second-order valence-electron chi connectivity index (χ2n) is 7.95. The number of thiazole rings is 1. The maximum atomic E-state index is 12.7. The lowest BCUT2D eigenvalue weighted by Crippen LogP contribution is -2.44.